The molecule has 83 heavy (non-hydrogen) atoms. The molecule has 0 rings (SSSR count). The van der Waals surface area contributed by atoms with Gasteiger partial charge in [-0.1, -0.05) is 311 Å². The van der Waals surface area contributed by atoms with Crippen LogP contribution in [0.2, 0.25) is 0 Å². The standard InChI is InChI=1S/C77H134O6/c1-4-7-10-13-16-19-22-25-28-31-34-36-37-38-39-41-43-46-49-52-55-58-61-64-67-70-76(79)82-73-74(72-81-75(78)69-66-63-60-57-54-51-48-45-42-33-30-27-24-21-18-15-12-9-6-3)83-77(80)71-68-65-62-59-56-53-50-47-44-40-35-32-29-26-23-20-17-14-11-8-5-2/h8,11,17,20,22,25-27,29-31,34-35,37-38,40,74H,4-7,9-10,12-16,18-19,21,23-24,28,32-33,36,39,41-73H2,1-3H3/b11-8-,20-17-,25-22-,29-26-,30-27-,34-31-,38-37-,40-35-. The molecule has 0 aromatic carbocycles. The van der Waals surface area contributed by atoms with Crippen LogP contribution in [0.4, 0.5) is 0 Å². The molecular weight excluding hydrogens is 1020 g/mol. The van der Waals surface area contributed by atoms with Crippen LogP contribution in [0.15, 0.2) is 97.2 Å². The van der Waals surface area contributed by atoms with E-state index in [1.807, 2.05) is 0 Å². The molecule has 0 saturated carbocycles. The van der Waals surface area contributed by atoms with E-state index in [-0.39, 0.29) is 31.1 Å². The molecule has 0 aliphatic carbocycles. The molecule has 0 aliphatic heterocycles. The fraction of sp³-hybridized carbons (Fsp3) is 0.753. The number of allylic oxidation sites excluding steroid dienone is 16. The Kier molecular flexibility index (Phi) is 67.7. The van der Waals surface area contributed by atoms with Crippen LogP contribution in [0.5, 0.6) is 0 Å². The molecule has 0 aromatic rings. The zero-order valence-corrected chi connectivity index (χ0v) is 54.9. The minimum absolute atomic E-state index is 0.0816. The summed E-state index contributed by atoms with van der Waals surface area (Å²) in [6.07, 6.45) is 95.6. The Morgan fingerprint density at radius 3 is 0.747 bits per heavy atom. The molecule has 0 N–H and O–H groups in total. The molecule has 0 aromatic heterocycles. The predicted molar refractivity (Wildman–Crippen MR) is 362 cm³/mol. The second kappa shape index (κ2) is 70.8. The van der Waals surface area contributed by atoms with Crippen molar-refractivity contribution in [2.45, 2.75) is 361 Å². The van der Waals surface area contributed by atoms with Crippen LogP contribution in [0.25, 0.3) is 0 Å². The van der Waals surface area contributed by atoms with Crippen molar-refractivity contribution in [3.63, 3.8) is 0 Å². The highest BCUT2D eigenvalue weighted by Crippen LogP contribution is 2.17. The van der Waals surface area contributed by atoms with E-state index in [0.717, 1.165) is 103 Å². The summed E-state index contributed by atoms with van der Waals surface area (Å²) >= 11 is 0. The van der Waals surface area contributed by atoms with E-state index in [2.05, 4.69) is 118 Å². The first-order valence-electron chi connectivity index (χ1n) is 35.7. The topological polar surface area (TPSA) is 78.9 Å². The highest BCUT2D eigenvalue weighted by molar-refractivity contribution is 5.71. The first kappa shape index (κ1) is 79.3. The number of hydrogen-bond donors (Lipinski definition) is 0. The van der Waals surface area contributed by atoms with Crippen LogP contribution in [0.1, 0.15) is 355 Å². The fourth-order valence-corrected chi connectivity index (χ4v) is 10.2. The van der Waals surface area contributed by atoms with Crippen molar-refractivity contribution in [1.82, 2.24) is 0 Å². The normalized spacial score (nSPS) is 12.7. The first-order valence-corrected chi connectivity index (χ1v) is 35.7. The maximum atomic E-state index is 13.0. The lowest BCUT2D eigenvalue weighted by molar-refractivity contribution is -0.167. The third-order valence-corrected chi connectivity index (χ3v) is 15.5. The molecule has 0 spiro atoms. The van der Waals surface area contributed by atoms with Gasteiger partial charge in [0.25, 0.3) is 0 Å². The Morgan fingerprint density at radius 2 is 0.470 bits per heavy atom. The minimum Gasteiger partial charge on any atom is -0.462 e. The lowest BCUT2D eigenvalue weighted by Gasteiger charge is -2.18. The van der Waals surface area contributed by atoms with E-state index in [1.54, 1.807) is 0 Å². The van der Waals surface area contributed by atoms with Gasteiger partial charge in [-0.05, 0) is 122 Å². The third-order valence-electron chi connectivity index (χ3n) is 15.5. The zero-order valence-electron chi connectivity index (χ0n) is 54.9. The van der Waals surface area contributed by atoms with Crippen LogP contribution < -0.4 is 0 Å². The first-order chi connectivity index (χ1) is 41.0. The summed E-state index contributed by atoms with van der Waals surface area (Å²) in [4.78, 5) is 38.5. The molecule has 0 bridgehead atoms. The van der Waals surface area contributed by atoms with Gasteiger partial charge in [-0.25, -0.2) is 0 Å². The van der Waals surface area contributed by atoms with Crippen LogP contribution in [0.3, 0.4) is 0 Å². The van der Waals surface area contributed by atoms with Crippen molar-refractivity contribution < 1.29 is 28.6 Å². The second-order valence-corrected chi connectivity index (χ2v) is 23.8. The van der Waals surface area contributed by atoms with E-state index in [1.165, 1.54) is 212 Å². The zero-order chi connectivity index (χ0) is 59.9. The van der Waals surface area contributed by atoms with Crippen LogP contribution in [0, 0.1) is 0 Å². The fourth-order valence-electron chi connectivity index (χ4n) is 10.2. The number of carbonyl (C=O) groups excluding carboxylic acids is 3. The Bertz CT molecular complexity index is 1610. The van der Waals surface area contributed by atoms with Gasteiger partial charge in [0, 0.05) is 19.3 Å². The van der Waals surface area contributed by atoms with Gasteiger partial charge in [0.1, 0.15) is 13.2 Å². The summed E-state index contributed by atoms with van der Waals surface area (Å²) in [6.45, 7) is 6.55. The lowest BCUT2D eigenvalue weighted by Crippen LogP contribution is -2.30. The maximum absolute atomic E-state index is 13.0. The molecule has 0 aliphatic rings. The summed E-state index contributed by atoms with van der Waals surface area (Å²) < 4.78 is 17.0. The summed E-state index contributed by atoms with van der Waals surface area (Å²) in [7, 11) is 0. The highest BCUT2D eigenvalue weighted by atomic mass is 16.6. The molecule has 0 saturated heterocycles. The van der Waals surface area contributed by atoms with Gasteiger partial charge in [0.15, 0.2) is 6.10 Å². The summed E-state index contributed by atoms with van der Waals surface area (Å²) in [5, 5.41) is 0. The van der Waals surface area contributed by atoms with Crippen molar-refractivity contribution in [3.8, 4) is 0 Å². The number of rotatable bonds is 65. The number of esters is 3. The van der Waals surface area contributed by atoms with Crippen molar-refractivity contribution in [2.24, 2.45) is 0 Å². The highest BCUT2D eigenvalue weighted by Gasteiger charge is 2.19. The van der Waals surface area contributed by atoms with E-state index < -0.39 is 6.10 Å². The van der Waals surface area contributed by atoms with Crippen molar-refractivity contribution in [3.05, 3.63) is 97.2 Å². The van der Waals surface area contributed by atoms with Gasteiger partial charge < -0.3 is 14.2 Å². The smallest absolute Gasteiger partial charge is 0.306 e. The molecule has 6 nitrogen and oxygen atoms in total. The lowest BCUT2D eigenvalue weighted by atomic mass is 10.0. The van der Waals surface area contributed by atoms with E-state index in [4.69, 9.17) is 14.2 Å². The molecule has 6 heteroatoms. The van der Waals surface area contributed by atoms with Crippen molar-refractivity contribution in [1.29, 1.82) is 0 Å². The monoisotopic (exact) mass is 1160 g/mol. The molecule has 0 heterocycles. The Balaban J connectivity index is 4.38. The van der Waals surface area contributed by atoms with Gasteiger partial charge in [0.2, 0.25) is 0 Å². The van der Waals surface area contributed by atoms with Gasteiger partial charge in [0.05, 0.1) is 0 Å². The van der Waals surface area contributed by atoms with Gasteiger partial charge in [-0.15, -0.1) is 0 Å². The molecule has 1 unspecified atom stereocenters. The number of ether oxygens (including phenoxy) is 3. The third kappa shape index (κ3) is 69.0. The van der Waals surface area contributed by atoms with Crippen LogP contribution >= 0.6 is 0 Å². The quantitative estimate of drug-likeness (QED) is 0.0261. The molecular formula is C77H134O6. The predicted octanol–water partition coefficient (Wildman–Crippen LogP) is 24.8. The Labute approximate surface area is 515 Å². The minimum atomic E-state index is -0.788. The van der Waals surface area contributed by atoms with Gasteiger partial charge in [-0.2, -0.15) is 0 Å². The molecule has 478 valence electrons. The SMILES string of the molecule is CC/C=C\C/C=C\C/C=C\C/C=C\CCCCCCCCCCC(=O)OC(COC(=O)CCCCCCCCCCC/C=C\CCCCCCCC)COC(=O)CCCCCCCCCCCC/C=C\C/C=C\C/C=C\CCCCCCC. The Hall–Kier alpha value is -3.67. The summed E-state index contributed by atoms with van der Waals surface area (Å²) in [5.41, 5.74) is 0. The number of carbonyl (C=O) groups is 3. The molecule has 0 fully saturated rings. The average Bonchev–Trinajstić information content (AvgIpc) is 3.50. The van der Waals surface area contributed by atoms with Gasteiger partial charge in [-0.3, -0.25) is 14.4 Å². The molecule has 1 atom stereocenters. The molecule has 0 amide bonds. The van der Waals surface area contributed by atoms with Gasteiger partial charge >= 0.3 is 17.9 Å². The Morgan fingerprint density at radius 1 is 0.253 bits per heavy atom. The largest absolute Gasteiger partial charge is 0.462 e. The van der Waals surface area contributed by atoms with E-state index in [0.29, 0.717) is 19.3 Å². The number of unbranched alkanes of at least 4 members (excludes halogenated alkanes) is 38. The molecule has 0 radical (unpaired) electrons. The number of hydrogen-bond acceptors (Lipinski definition) is 6. The summed E-state index contributed by atoms with van der Waals surface area (Å²) in [6, 6.07) is 0. The van der Waals surface area contributed by atoms with E-state index in [9.17, 15) is 14.4 Å². The van der Waals surface area contributed by atoms with Crippen LogP contribution in [-0.2, 0) is 28.6 Å². The summed E-state index contributed by atoms with van der Waals surface area (Å²) in [5.74, 6) is -0.879. The van der Waals surface area contributed by atoms with Crippen LogP contribution in [-0.4, -0.2) is 37.2 Å². The second-order valence-electron chi connectivity index (χ2n) is 23.8. The van der Waals surface area contributed by atoms with E-state index >= 15 is 0 Å². The van der Waals surface area contributed by atoms with Crippen molar-refractivity contribution >= 4 is 17.9 Å². The average molecular weight is 1160 g/mol. The maximum Gasteiger partial charge on any atom is 0.306 e. The van der Waals surface area contributed by atoms with Crippen molar-refractivity contribution in [2.75, 3.05) is 13.2 Å².